The van der Waals surface area contributed by atoms with E-state index in [0.717, 1.165) is 4.68 Å². The molecule has 0 unspecified atom stereocenters. The molecule has 1 aromatic carbocycles. The molecule has 6 nitrogen and oxygen atoms in total. The second-order valence-corrected chi connectivity index (χ2v) is 5.63. The zero-order valence-corrected chi connectivity index (χ0v) is 13.7. The molecule has 2 heterocycles. The monoisotopic (exact) mass is 363 g/mol. The van der Waals surface area contributed by atoms with Gasteiger partial charge in [-0.05, 0) is 30.3 Å². The van der Waals surface area contributed by atoms with E-state index < -0.39 is 11.5 Å². The van der Waals surface area contributed by atoms with E-state index in [0.29, 0.717) is 22.2 Å². The Balaban J connectivity index is 1.80. The number of aromatic nitrogens is 2. The first-order chi connectivity index (χ1) is 11.5. The number of carbonyl (C=O) groups is 1. The first-order valence-corrected chi connectivity index (χ1v) is 7.66. The third-order valence-electron chi connectivity index (χ3n) is 3.16. The van der Waals surface area contributed by atoms with Crippen molar-refractivity contribution < 1.29 is 9.21 Å². The maximum atomic E-state index is 12.2. The Labute approximate surface area is 146 Å². The van der Waals surface area contributed by atoms with Gasteiger partial charge in [0.2, 0.25) is 5.91 Å². The van der Waals surface area contributed by atoms with Crippen LogP contribution in [-0.2, 0) is 11.3 Å². The highest BCUT2D eigenvalue weighted by Crippen LogP contribution is 2.29. The normalized spacial score (nSPS) is 10.6. The van der Waals surface area contributed by atoms with Crippen molar-refractivity contribution in [2.45, 2.75) is 6.54 Å². The number of hydrogen-bond donors (Lipinski definition) is 1. The van der Waals surface area contributed by atoms with Crippen LogP contribution in [-0.4, -0.2) is 15.7 Å². The topological polar surface area (TPSA) is 77.1 Å². The van der Waals surface area contributed by atoms with E-state index in [1.165, 1.54) is 18.4 Å². The Kier molecular flexibility index (Phi) is 4.69. The minimum atomic E-state index is -0.453. The molecule has 3 rings (SSSR count). The van der Waals surface area contributed by atoms with E-state index >= 15 is 0 Å². The average Bonchev–Trinajstić information content (AvgIpc) is 3.08. The summed E-state index contributed by atoms with van der Waals surface area (Å²) < 4.78 is 6.28. The van der Waals surface area contributed by atoms with Gasteiger partial charge in [0.15, 0.2) is 5.76 Å². The van der Waals surface area contributed by atoms with Crippen molar-refractivity contribution in [2.75, 3.05) is 5.32 Å². The summed E-state index contributed by atoms with van der Waals surface area (Å²) in [7, 11) is 0. The summed E-state index contributed by atoms with van der Waals surface area (Å²) >= 11 is 11.9. The molecule has 1 N–H and O–H groups in total. The van der Waals surface area contributed by atoms with Crippen molar-refractivity contribution in [3.63, 3.8) is 0 Å². The van der Waals surface area contributed by atoms with Crippen LogP contribution in [0.1, 0.15) is 0 Å². The van der Waals surface area contributed by atoms with Gasteiger partial charge in [0.1, 0.15) is 12.2 Å². The van der Waals surface area contributed by atoms with Crippen molar-refractivity contribution in [2.24, 2.45) is 0 Å². The maximum Gasteiger partial charge on any atom is 0.267 e. The standard InChI is InChI=1S/C16H11Cl2N3O3/c17-10-3-1-4-12(16(10)18)19-14(22)9-21-15(23)7-6-11(20-21)13-5-2-8-24-13/h1-8H,9H2,(H,19,22). The minimum Gasteiger partial charge on any atom is -0.463 e. The van der Waals surface area contributed by atoms with Gasteiger partial charge in [-0.3, -0.25) is 9.59 Å². The smallest absolute Gasteiger partial charge is 0.267 e. The number of benzene rings is 1. The number of furan rings is 1. The SMILES string of the molecule is O=C(Cn1nc(-c2ccco2)ccc1=O)Nc1cccc(Cl)c1Cl. The lowest BCUT2D eigenvalue weighted by Crippen LogP contribution is -2.29. The van der Waals surface area contributed by atoms with Gasteiger partial charge in [-0.1, -0.05) is 29.3 Å². The number of hydrogen-bond acceptors (Lipinski definition) is 4. The molecule has 8 heteroatoms. The molecular weight excluding hydrogens is 353 g/mol. The first kappa shape index (κ1) is 16.3. The lowest BCUT2D eigenvalue weighted by Gasteiger charge is -2.09. The third kappa shape index (κ3) is 3.50. The van der Waals surface area contributed by atoms with Crippen LogP contribution < -0.4 is 10.9 Å². The molecule has 0 bridgehead atoms. The van der Waals surface area contributed by atoms with Crippen LogP contribution in [0.5, 0.6) is 0 Å². The summed E-state index contributed by atoms with van der Waals surface area (Å²) in [6.45, 7) is -0.268. The summed E-state index contributed by atoms with van der Waals surface area (Å²) in [5.41, 5.74) is 0.412. The van der Waals surface area contributed by atoms with E-state index in [9.17, 15) is 9.59 Å². The summed E-state index contributed by atoms with van der Waals surface area (Å²) in [5.74, 6) is 0.0485. The molecule has 0 aliphatic rings. The van der Waals surface area contributed by atoms with Crippen LogP contribution in [0, 0.1) is 0 Å². The Bertz CT molecular complexity index is 936. The van der Waals surface area contributed by atoms with E-state index in [2.05, 4.69) is 10.4 Å². The number of amides is 1. The molecule has 24 heavy (non-hydrogen) atoms. The van der Waals surface area contributed by atoms with Crippen LogP contribution >= 0.6 is 23.2 Å². The maximum absolute atomic E-state index is 12.2. The number of anilines is 1. The lowest BCUT2D eigenvalue weighted by atomic mass is 10.3. The van der Waals surface area contributed by atoms with Gasteiger partial charge >= 0.3 is 0 Å². The molecule has 0 aliphatic heterocycles. The summed E-state index contributed by atoms with van der Waals surface area (Å²) in [4.78, 5) is 24.1. The predicted octanol–water partition coefficient (Wildman–Crippen LogP) is 3.45. The molecule has 122 valence electrons. The van der Waals surface area contributed by atoms with E-state index in [4.69, 9.17) is 27.6 Å². The Hall–Kier alpha value is -2.57. The molecule has 0 fully saturated rings. The molecule has 0 spiro atoms. The molecule has 0 saturated carbocycles. The van der Waals surface area contributed by atoms with Gasteiger partial charge in [-0.25, -0.2) is 4.68 Å². The molecule has 0 radical (unpaired) electrons. The van der Waals surface area contributed by atoms with E-state index in [1.54, 1.807) is 30.3 Å². The average molecular weight is 364 g/mol. The van der Waals surface area contributed by atoms with Gasteiger partial charge in [0.05, 0.1) is 22.0 Å². The lowest BCUT2D eigenvalue weighted by molar-refractivity contribution is -0.117. The molecule has 0 aliphatic carbocycles. The molecule has 0 atom stereocenters. The molecular formula is C16H11Cl2N3O3. The van der Waals surface area contributed by atoms with Gasteiger partial charge in [-0.2, -0.15) is 5.10 Å². The van der Waals surface area contributed by atoms with Crippen molar-refractivity contribution in [1.82, 2.24) is 9.78 Å². The van der Waals surface area contributed by atoms with E-state index in [1.807, 2.05) is 0 Å². The minimum absolute atomic E-state index is 0.233. The highest BCUT2D eigenvalue weighted by molar-refractivity contribution is 6.43. The quantitative estimate of drug-likeness (QED) is 0.769. The largest absolute Gasteiger partial charge is 0.463 e. The van der Waals surface area contributed by atoms with Crippen molar-refractivity contribution in [1.29, 1.82) is 0 Å². The number of carbonyl (C=O) groups excluding carboxylic acids is 1. The third-order valence-corrected chi connectivity index (χ3v) is 3.98. The zero-order valence-electron chi connectivity index (χ0n) is 12.2. The molecule has 1 amide bonds. The van der Waals surface area contributed by atoms with Crippen molar-refractivity contribution >= 4 is 34.8 Å². The Morgan fingerprint density at radius 2 is 2.00 bits per heavy atom. The van der Waals surface area contributed by atoms with E-state index in [-0.39, 0.29) is 11.6 Å². The predicted molar refractivity (Wildman–Crippen MR) is 91.3 cm³/mol. The fourth-order valence-corrected chi connectivity index (χ4v) is 2.39. The van der Waals surface area contributed by atoms with Crippen LogP contribution in [0.4, 0.5) is 5.69 Å². The van der Waals surface area contributed by atoms with Crippen LogP contribution in [0.2, 0.25) is 10.0 Å². The second-order valence-electron chi connectivity index (χ2n) is 4.84. The zero-order chi connectivity index (χ0) is 17.1. The first-order valence-electron chi connectivity index (χ1n) is 6.90. The van der Waals surface area contributed by atoms with Gasteiger partial charge in [-0.15, -0.1) is 0 Å². The van der Waals surface area contributed by atoms with Crippen LogP contribution in [0.25, 0.3) is 11.5 Å². The Morgan fingerprint density at radius 1 is 1.17 bits per heavy atom. The van der Waals surface area contributed by atoms with Crippen molar-refractivity contribution in [3.8, 4) is 11.5 Å². The fourth-order valence-electron chi connectivity index (χ4n) is 2.04. The van der Waals surface area contributed by atoms with Crippen LogP contribution in [0.3, 0.4) is 0 Å². The number of nitrogens with zero attached hydrogens (tertiary/aromatic N) is 2. The number of halogens is 2. The fraction of sp³-hybridized carbons (Fsp3) is 0.0625. The summed E-state index contributed by atoms with van der Waals surface area (Å²) in [6, 6.07) is 11.2. The molecule has 2 aromatic heterocycles. The number of rotatable bonds is 4. The van der Waals surface area contributed by atoms with Crippen molar-refractivity contribution in [3.05, 3.63) is 69.1 Å². The van der Waals surface area contributed by atoms with Crippen LogP contribution in [0.15, 0.2) is 57.9 Å². The highest BCUT2D eigenvalue weighted by atomic mass is 35.5. The van der Waals surface area contributed by atoms with Gasteiger partial charge in [0.25, 0.3) is 5.56 Å². The van der Waals surface area contributed by atoms with Gasteiger partial charge in [0, 0.05) is 6.07 Å². The summed E-state index contributed by atoms with van der Waals surface area (Å²) in [6.07, 6.45) is 1.50. The highest BCUT2D eigenvalue weighted by Gasteiger charge is 2.12. The van der Waals surface area contributed by atoms with Gasteiger partial charge < -0.3 is 9.73 Å². The molecule has 3 aromatic rings. The summed E-state index contributed by atoms with van der Waals surface area (Å²) in [5, 5.41) is 7.29. The molecule has 0 saturated heterocycles. The second kappa shape index (κ2) is 6.90. The Morgan fingerprint density at radius 3 is 2.75 bits per heavy atom. The number of nitrogens with one attached hydrogen (secondary N) is 1.